The second-order valence-electron chi connectivity index (χ2n) is 7.95. The number of aromatic nitrogens is 2. The molecule has 1 N–H and O–H groups in total. The number of hydrogen-bond acceptors (Lipinski definition) is 6. The van der Waals surface area contributed by atoms with Gasteiger partial charge in [-0.15, -0.1) is 0 Å². The van der Waals surface area contributed by atoms with Gasteiger partial charge < -0.3 is 14.7 Å². The summed E-state index contributed by atoms with van der Waals surface area (Å²) in [7, 11) is 0. The fraction of sp³-hybridized carbons (Fsp3) is 0.375. The maximum Gasteiger partial charge on any atom is 0.219 e. The van der Waals surface area contributed by atoms with Crippen molar-refractivity contribution in [2.45, 2.75) is 20.0 Å². The first kappa shape index (κ1) is 21.2. The molecule has 2 heterocycles. The molecule has 2 aromatic carbocycles. The molecule has 1 unspecified atom stereocenters. The number of rotatable bonds is 6. The van der Waals surface area contributed by atoms with E-state index in [1.54, 1.807) is 6.92 Å². The summed E-state index contributed by atoms with van der Waals surface area (Å²) in [4.78, 5) is 24.2. The van der Waals surface area contributed by atoms with Crippen LogP contribution in [0.15, 0.2) is 48.8 Å². The summed E-state index contributed by atoms with van der Waals surface area (Å²) in [6.07, 6.45) is 2.99. The van der Waals surface area contributed by atoms with Crippen LogP contribution in [0.5, 0.6) is 5.75 Å². The Labute approximate surface area is 182 Å². The molecule has 1 fully saturated rings. The van der Waals surface area contributed by atoms with Crippen LogP contribution in [0.3, 0.4) is 0 Å². The molecule has 7 nitrogen and oxygen atoms in total. The Morgan fingerprint density at radius 2 is 1.81 bits per heavy atom. The second kappa shape index (κ2) is 9.41. The van der Waals surface area contributed by atoms with Crippen molar-refractivity contribution in [3.8, 4) is 16.9 Å². The van der Waals surface area contributed by atoms with Crippen molar-refractivity contribution in [3.63, 3.8) is 0 Å². The molecule has 0 radical (unpaired) electrons. The Hall–Kier alpha value is -3.03. The number of fused-ring (bicyclic) bond motifs is 1. The summed E-state index contributed by atoms with van der Waals surface area (Å²) in [6, 6.07) is 12.1. The number of β-amino-alcohol motifs (C(OH)–C–C–N with tert-alkyl or cyclic N) is 1. The van der Waals surface area contributed by atoms with Crippen LogP contribution in [-0.4, -0.2) is 76.2 Å². The van der Waals surface area contributed by atoms with Gasteiger partial charge in [0.05, 0.1) is 0 Å². The van der Waals surface area contributed by atoms with Crippen molar-refractivity contribution in [1.82, 2.24) is 19.8 Å². The molecule has 1 aliphatic rings. The van der Waals surface area contributed by atoms with Crippen LogP contribution >= 0.6 is 0 Å². The second-order valence-corrected chi connectivity index (χ2v) is 7.95. The van der Waals surface area contributed by atoms with E-state index in [0.29, 0.717) is 31.2 Å². The molecule has 4 rings (SSSR count). The van der Waals surface area contributed by atoms with Crippen LogP contribution in [0.25, 0.3) is 21.9 Å². The highest BCUT2D eigenvalue weighted by Crippen LogP contribution is 2.36. The Bertz CT molecular complexity index is 1050. The van der Waals surface area contributed by atoms with E-state index in [1.807, 2.05) is 48.5 Å². The minimum absolute atomic E-state index is 0.104. The minimum Gasteiger partial charge on any atom is -0.490 e. The molecule has 3 aromatic rings. The Balaban J connectivity index is 1.48. The molecule has 1 atom stereocenters. The maximum absolute atomic E-state index is 11.5. The standard InChI is InChI=1S/C24H28N4O3/c1-17-25-13-20(14-26-17)24-22-6-4-3-5-19(22)7-8-23(24)31-16-21(30)15-27-9-11-28(12-10-27)18(2)29/h3-8,13-14,21,30H,9-12,15-16H2,1-2H3. The largest absolute Gasteiger partial charge is 0.490 e. The van der Waals surface area contributed by atoms with Crippen molar-refractivity contribution in [1.29, 1.82) is 0 Å². The fourth-order valence-electron chi connectivity index (χ4n) is 3.97. The third-order valence-corrected chi connectivity index (χ3v) is 5.68. The van der Waals surface area contributed by atoms with Gasteiger partial charge in [0.25, 0.3) is 0 Å². The average Bonchev–Trinajstić information content (AvgIpc) is 2.78. The van der Waals surface area contributed by atoms with Crippen LogP contribution in [-0.2, 0) is 4.79 Å². The predicted octanol–water partition coefficient (Wildman–Crippen LogP) is 2.51. The topological polar surface area (TPSA) is 78.8 Å². The average molecular weight is 421 g/mol. The van der Waals surface area contributed by atoms with Crippen molar-refractivity contribution >= 4 is 16.7 Å². The molecule has 31 heavy (non-hydrogen) atoms. The number of hydrogen-bond donors (Lipinski definition) is 1. The van der Waals surface area contributed by atoms with Crippen molar-refractivity contribution in [2.75, 3.05) is 39.3 Å². The zero-order valence-corrected chi connectivity index (χ0v) is 18.0. The van der Waals surface area contributed by atoms with Gasteiger partial charge >= 0.3 is 0 Å². The number of aliphatic hydroxyl groups is 1. The van der Waals surface area contributed by atoms with Crippen molar-refractivity contribution < 1.29 is 14.6 Å². The zero-order chi connectivity index (χ0) is 21.8. The summed E-state index contributed by atoms with van der Waals surface area (Å²) in [5.41, 5.74) is 1.81. The number of benzene rings is 2. The normalized spacial score (nSPS) is 15.8. The summed E-state index contributed by atoms with van der Waals surface area (Å²) >= 11 is 0. The summed E-state index contributed by atoms with van der Waals surface area (Å²) in [5, 5.41) is 12.7. The predicted molar refractivity (Wildman–Crippen MR) is 120 cm³/mol. The quantitative estimate of drug-likeness (QED) is 0.660. The van der Waals surface area contributed by atoms with Gasteiger partial charge in [-0.05, 0) is 23.8 Å². The minimum atomic E-state index is -0.627. The molecule has 1 aromatic heterocycles. The van der Waals surface area contributed by atoms with Crippen molar-refractivity contribution in [2.24, 2.45) is 0 Å². The molecule has 1 aliphatic heterocycles. The first-order chi connectivity index (χ1) is 15.0. The van der Waals surface area contributed by atoms with Crippen LogP contribution in [0.2, 0.25) is 0 Å². The highest BCUT2D eigenvalue weighted by molar-refractivity contribution is 5.99. The van der Waals surface area contributed by atoms with Crippen LogP contribution < -0.4 is 4.74 Å². The van der Waals surface area contributed by atoms with Gasteiger partial charge in [-0.25, -0.2) is 9.97 Å². The molecular weight excluding hydrogens is 392 g/mol. The summed E-state index contributed by atoms with van der Waals surface area (Å²) in [5.74, 6) is 1.52. The smallest absolute Gasteiger partial charge is 0.219 e. The number of piperazine rings is 1. The van der Waals surface area contributed by atoms with Gasteiger partial charge in [0.1, 0.15) is 24.3 Å². The highest BCUT2D eigenvalue weighted by Gasteiger charge is 2.21. The summed E-state index contributed by atoms with van der Waals surface area (Å²) < 4.78 is 6.10. The van der Waals surface area contributed by atoms with Gasteiger partial charge in [-0.2, -0.15) is 0 Å². The van der Waals surface area contributed by atoms with Gasteiger partial charge in [0.2, 0.25) is 5.91 Å². The third kappa shape index (κ3) is 5.00. The Morgan fingerprint density at radius 1 is 1.10 bits per heavy atom. The number of aliphatic hydroxyl groups excluding tert-OH is 1. The van der Waals surface area contributed by atoms with Crippen molar-refractivity contribution in [3.05, 3.63) is 54.6 Å². The lowest BCUT2D eigenvalue weighted by Gasteiger charge is -2.35. The lowest BCUT2D eigenvalue weighted by Crippen LogP contribution is -2.50. The molecule has 0 bridgehead atoms. The Morgan fingerprint density at radius 3 is 2.52 bits per heavy atom. The fourth-order valence-corrected chi connectivity index (χ4v) is 3.97. The van der Waals surface area contributed by atoms with E-state index in [0.717, 1.165) is 35.0 Å². The number of nitrogens with zero attached hydrogens (tertiary/aromatic N) is 4. The molecule has 0 aliphatic carbocycles. The highest BCUT2D eigenvalue weighted by atomic mass is 16.5. The lowest BCUT2D eigenvalue weighted by molar-refractivity contribution is -0.130. The van der Waals surface area contributed by atoms with Gasteiger partial charge in [-0.1, -0.05) is 30.3 Å². The molecule has 0 saturated carbocycles. The van der Waals surface area contributed by atoms with Gasteiger partial charge in [0.15, 0.2) is 0 Å². The molecule has 0 spiro atoms. The van der Waals surface area contributed by atoms with E-state index in [9.17, 15) is 9.90 Å². The maximum atomic E-state index is 11.5. The lowest BCUT2D eigenvalue weighted by atomic mass is 9.99. The van der Waals surface area contributed by atoms with E-state index < -0.39 is 6.10 Å². The Kier molecular flexibility index (Phi) is 6.44. The monoisotopic (exact) mass is 420 g/mol. The van der Waals surface area contributed by atoms with Gasteiger partial charge in [-0.3, -0.25) is 9.69 Å². The number of carbonyl (C=O) groups excluding carboxylic acids is 1. The third-order valence-electron chi connectivity index (χ3n) is 5.68. The first-order valence-corrected chi connectivity index (χ1v) is 10.6. The van der Waals surface area contributed by atoms with Crippen LogP contribution in [0, 0.1) is 6.92 Å². The molecular formula is C24H28N4O3. The van der Waals surface area contributed by atoms with E-state index in [2.05, 4.69) is 27.0 Å². The molecule has 1 saturated heterocycles. The van der Waals surface area contributed by atoms with Gasteiger partial charge in [0, 0.05) is 63.2 Å². The number of aryl methyl sites for hydroxylation is 1. The van der Waals surface area contributed by atoms with E-state index in [4.69, 9.17) is 4.74 Å². The summed E-state index contributed by atoms with van der Waals surface area (Å²) in [6.45, 7) is 7.08. The van der Waals surface area contributed by atoms with E-state index >= 15 is 0 Å². The van der Waals surface area contributed by atoms with Crippen LogP contribution in [0.1, 0.15) is 12.7 Å². The number of amides is 1. The molecule has 1 amide bonds. The number of carbonyl (C=O) groups is 1. The molecule has 7 heteroatoms. The SMILES string of the molecule is CC(=O)N1CCN(CC(O)COc2ccc3ccccc3c2-c2cnc(C)nc2)CC1. The molecule has 162 valence electrons. The van der Waals surface area contributed by atoms with Crippen LogP contribution in [0.4, 0.5) is 0 Å². The zero-order valence-electron chi connectivity index (χ0n) is 18.0. The number of ether oxygens (including phenoxy) is 1. The van der Waals surface area contributed by atoms with E-state index in [-0.39, 0.29) is 12.5 Å². The first-order valence-electron chi connectivity index (χ1n) is 10.6. The van der Waals surface area contributed by atoms with E-state index in [1.165, 1.54) is 0 Å².